The van der Waals surface area contributed by atoms with Gasteiger partial charge in [-0.25, -0.2) is 9.97 Å². The highest BCUT2D eigenvalue weighted by Crippen LogP contribution is 2.25. The second-order valence-corrected chi connectivity index (χ2v) is 9.37. The van der Waals surface area contributed by atoms with Crippen LogP contribution in [0.1, 0.15) is 13.8 Å². The molecule has 0 saturated carbocycles. The Morgan fingerprint density at radius 1 is 0.600 bits per heavy atom. The zero-order chi connectivity index (χ0) is 28.2. The van der Waals surface area contributed by atoms with Crippen LogP contribution in [0.5, 0.6) is 0 Å². The average molecular weight is 534 g/mol. The van der Waals surface area contributed by atoms with E-state index in [-0.39, 0.29) is 0 Å². The second-order valence-electron chi connectivity index (χ2n) is 9.37. The zero-order valence-corrected chi connectivity index (χ0v) is 21.9. The molecule has 0 radical (unpaired) electrons. The van der Waals surface area contributed by atoms with Crippen molar-refractivity contribution in [3.63, 3.8) is 0 Å². The number of aromatic nitrogens is 3. The molecule has 0 bridgehead atoms. The van der Waals surface area contributed by atoms with Crippen LogP contribution in [0.15, 0.2) is 91.1 Å². The maximum absolute atomic E-state index is 10.9. The number of carbonyl (C=O) groups is 2. The van der Waals surface area contributed by atoms with Crippen molar-refractivity contribution in [1.82, 2.24) is 15.0 Å². The molecule has 3 heterocycles. The van der Waals surface area contributed by atoms with Crippen LogP contribution in [0.3, 0.4) is 0 Å². The Morgan fingerprint density at radius 2 is 1.07 bits per heavy atom. The van der Waals surface area contributed by atoms with Crippen LogP contribution in [0.2, 0.25) is 0 Å². The molecule has 0 amide bonds. The Hall–Kier alpha value is -5.31. The van der Waals surface area contributed by atoms with Crippen molar-refractivity contribution in [2.75, 3.05) is 10.6 Å². The quantitative estimate of drug-likeness (QED) is 0.192. The van der Waals surface area contributed by atoms with E-state index < -0.39 is 24.0 Å². The monoisotopic (exact) mass is 533 g/mol. The van der Waals surface area contributed by atoms with Crippen LogP contribution in [0.4, 0.5) is 11.6 Å². The SMILES string of the molecule is C[C@H](Nc1ccc2ccc3ccccc3c2n1)C(=O)O.C[C@H](Nc1ccc2ccc3cccnc3c2n1)C(=O)O. The number of carboxylic acids is 2. The average Bonchev–Trinajstić information content (AvgIpc) is 2.97. The number of hydrogen-bond acceptors (Lipinski definition) is 7. The van der Waals surface area contributed by atoms with Gasteiger partial charge in [-0.2, -0.15) is 0 Å². The van der Waals surface area contributed by atoms with E-state index in [1.165, 1.54) is 0 Å². The van der Waals surface area contributed by atoms with Crippen molar-refractivity contribution in [2.45, 2.75) is 25.9 Å². The number of carboxylic acid groups (broad SMARTS) is 2. The highest BCUT2D eigenvalue weighted by atomic mass is 16.4. The highest BCUT2D eigenvalue weighted by Gasteiger charge is 2.13. The summed E-state index contributed by atoms with van der Waals surface area (Å²) in [6.45, 7) is 3.17. The number of aliphatic carboxylic acids is 2. The van der Waals surface area contributed by atoms with E-state index in [9.17, 15) is 9.59 Å². The van der Waals surface area contributed by atoms with Gasteiger partial charge in [-0.1, -0.05) is 54.6 Å². The first-order valence-electron chi connectivity index (χ1n) is 12.7. The lowest BCUT2D eigenvalue weighted by Gasteiger charge is -2.11. The van der Waals surface area contributed by atoms with Gasteiger partial charge in [0.25, 0.3) is 0 Å². The van der Waals surface area contributed by atoms with Gasteiger partial charge >= 0.3 is 11.9 Å². The van der Waals surface area contributed by atoms with E-state index in [0.717, 1.165) is 43.5 Å². The minimum Gasteiger partial charge on any atom is -0.480 e. The zero-order valence-electron chi connectivity index (χ0n) is 21.9. The van der Waals surface area contributed by atoms with Gasteiger partial charge in [-0.3, -0.25) is 14.6 Å². The number of hydrogen-bond donors (Lipinski definition) is 4. The lowest BCUT2D eigenvalue weighted by Crippen LogP contribution is -2.25. The molecule has 6 rings (SSSR count). The van der Waals surface area contributed by atoms with E-state index in [2.05, 4.69) is 31.7 Å². The van der Waals surface area contributed by atoms with Crippen molar-refractivity contribution in [1.29, 1.82) is 0 Å². The van der Waals surface area contributed by atoms with E-state index in [4.69, 9.17) is 10.2 Å². The molecule has 0 spiro atoms. The number of pyridine rings is 3. The summed E-state index contributed by atoms with van der Waals surface area (Å²) in [5, 5.41) is 28.8. The molecule has 0 aliphatic rings. The third-order valence-corrected chi connectivity index (χ3v) is 6.49. The molecule has 0 aliphatic heterocycles. The first-order valence-corrected chi connectivity index (χ1v) is 12.7. The lowest BCUT2D eigenvalue weighted by atomic mass is 10.1. The topological polar surface area (TPSA) is 137 Å². The minimum absolute atomic E-state index is 0.533. The van der Waals surface area contributed by atoms with Crippen LogP contribution in [-0.2, 0) is 9.59 Å². The molecular formula is C31H27N5O4. The van der Waals surface area contributed by atoms with Crippen molar-refractivity contribution in [2.24, 2.45) is 0 Å². The van der Waals surface area contributed by atoms with Gasteiger partial charge in [-0.15, -0.1) is 0 Å². The van der Waals surface area contributed by atoms with Crippen molar-refractivity contribution < 1.29 is 19.8 Å². The molecule has 6 aromatic rings. The Balaban J connectivity index is 0.000000161. The molecule has 9 heteroatoms. The summed E-state index contributed by atoms with van der Waals surface area (Å²) in [4.78, 5) is 35.2. The third-order valence-electron chi connectivity index (χ3n) is 6.49. The Kier molecular flexibility index (Phi) is 7.37. The smallest absolute Gasteiger partial charge is 0.325 e. The maximum Gasteiger partial charge on any atom is 0.325 e. The van der Waals surface area contributed by atoms with Crippen LogP contribution in [-0.4, -0.2) is 49.2 Å². The van der Waals surface area contributed by atoms with Gasteiger partial charge in [0.15, 0.2) is 0 Å². The van der Waals surface area contributed by atoms with Gasteiger partial charge in [0, 0.05) is 27.7 Å². The molecular weight excluding hydrogens is 506 g/mol. The normalized spacial score (nSPS) is 12.4. The molecule has 3 aromatic heterocycles. The molecule has 2 atom stereocenters. The van der Waals surface area contributed by atoms with Crippen LogP contribution >= 0.6 is 0 Å². The first kappa shape index (κ1) is 26.3. The standard InChI is InChI=1S/C16H14N2O2.C15H13N3O2/c1-10(16(19)20)17-14-9-8-12-7-6-11-4-2-3-5-13(11)15(12)18-14;1-9(15(19)20)17-12-7-6-11-5-4-10-3-2-8-16-13(10)14(11)18-12/h2-10H,1H3,(H,17,18)(H,19,20);2-9H,1H3,(H,17,18)(H,19,20)/t10-;9-/m00/s1. The van der Waals surface area contributed by atoms with E-state index in [1.54, 1.807) is 32.2 Å². The Bertz CT molecular complexity index is 1740. The number of nitrogens with one attached hydrogen (secondary N) is 2. The third kappa shape index (κ3) is 5.58. The fourth-order valence-corrected chi connectivity index (χ4v) is 4.31. The Morgan fingerprint density at radius 3 is 1.70 bits per heavy atom. The van der Waals surface area contributed by atoms with Crippen molar-refractivity contribution in [3.8, 4) is 0 Å². The van der Waals surface area contributed by atoms with Crippen LogP contribution in [0.25, 0.3) is 43.5 Å². The van der Waals surface area contributed by atoms with Gasteiger partial charge in [0.1, 0.15) is 23.7 Å². The van der Waals surface area contributed by atoms with E-state index in [1.807, 2.05) is 66.7 Å². The predicted molar refractivity (Wildman–Crippen MR) is 158 cm³/mol. The molecule has 0 fully saturated rings. The van der Waals surface area contributed by atoms with Crippen molar-refractivity contribution >= 4 is 67.1 Å². The minimum atomic E-state index is -0.914. The summed E-state index contributed by atoms with van der Waals surface area (Å²) in [6.07, 6.45) is 1.73. The molecule has 3 aromatic carbocycles. The number of fused-ring (bicyclic) bond motifs is 6. The Labute approximate surface area is 229 Å². The maximum atomic E-state index is 10.9. The lowest BCUT2D eigenvalue weighted by molar-refractivity contribution is -0.138. The molecule has 4 N–H and O–H groups in total. The van der Waals surface area contributed by atoms with E-state index >= 15 is 0 Å². The fourth-order valence-electron chi connectivity index (χ4n) is 4.31. The highest BCUT2D eigenvalue weighted by molar-refractivity contribution is 6.05. The molecule has 200 valence electrons. The first-order chi connectivity index (χ1) is 19.3. The van der Waals surface area contributed by atoms with Gasteiger partial charge in [0.2, 0.25) is 0 Å². The fraction of sp³-hybridized carbons (Fsp3) is 0.129. The number of benzene rings is 3. The molecule has 40 heavy (non-hydrogen) atoms. The summed E-state index contributed by atoms with van der Waals surface area (Å²) >= 11 is 0. The molecule has 0 aliphatic carbocycles. The van der Waals surface area contributed by atoms with Crippen molar-refractivity contribution in [3.05, 3.63) is 91.1 Å². The van der Waals surface area contributed by atoms with E-state index in [0.29, 0.717) is 11.6 Å². The van der Waals surface area contributed by atoms with Gasteiger partial charge in [-0.05, 0) is 49.6 Å². The summed E-state index contributed by atoms with van der Waals surface area (Å²) in [5.41, 5.74) is 2.47. The van der Waals surface area contributed by atoms with Crippen LogP contribution < -0.4 is 10.6 Å². The predicted octanol–water partition coefficient (Wildman–Crippen LogP) is 5.94. The van der Waals surface area contributed by atoms with Gasteiger partial charge in [0.05, 0.1) is 16.6 Å². The molecule has 0 saturated heterocycles. The summed E-state index contributed by atoms with van der Waals surface area (Å²) in [6, 6.07) is 26.0. The number of nitrogens with zero attached hydrogens (tertiary/aromatic N) is 3. The molecule has 0 unspecified atom stereocenters. The summed E-state index contributed by atoms with van der Waals surface area (Å²) in [5.74, 6) is -0.706. The second kappa shape index (κ2) is 11.2. The summed E-state index contributed by atoms with van der Waals surface area (Å²) < 4.78 is 0. The number of anilines is 2. The van der Waals surface area contributed by atoms with Crippen LogP contribution in [0, 0.1) is 0 Å². The number of rotatable bonds is 6. The largest absolute Gasteiger partial charge is 0.480 e. The molecule has 9 nitrogen and oxygen atoms in total. The summed E-state index contributed by atoms with van der Waals surface area (Å²) in [7, 11) is 0. The van der Waals surface area contributed by atoms with Gasteiger partial charge < -0.3 is 20.8 Å².